The summed E-state index contributed by atoms with van der Waals surface area (Å²) in [6, 6.07) is 5.58. The van der Waals surface area contributed by atoms with Gasteiger partial charge < -0.3 is 19.2 Å². The number of rotatable bonds is 8. The van der Waals surface area contributed by atoms with Crippen LogP contribution in [0.2, 0.25) is 0 Å². The molecule has 1 aromatic heterocycles. The second-order valence-corrected chi connectivity index (χ2v) is 5.45. The van der Waals surface area contributed by atoms with Crippen molar-refractivity contribution in [1.82, 2.24) is 15.8 Å². The number of benzene rings is 1. The highest BCUT2D eigenvalue weighted by Gasteiger charge is 2.19. The van der Waals surface area contributed by atoms with Gasteiger partial charge in [-0.2, -0.15) is 0 Å². The van der Waals surface area contributed by atoms with Gasteiger partial charge in [-0.25, -0.2) is 0 Å². The van der Waals surface area contributed by atoms with Gasteiger partial charge in [0.2, 0.25) is 11.3 Å². The van der Waals surface area contributed by atoms with Crippen molar-refractivity contribution in [3.05, 3.63) is 51.9 Å². The predicted octanol–water partition coefficient (Wildman–Crippen LogP) is 1.65. The van der Waals surface area contributed by atoms with E-state index in [2.05, 4.69) is 15.8 Å². The molecule has 9 nitrogen and oxygen atoms in total. The summed E-state index contributed by atoms with van der Waals surface area (Å²) in [5, 5.41) is 0. The van der Waals surface area contributed by atoms with Gasteiger partial charge in [-0.05, 0) is 39.0 Å². The van der Waals surface area contributed by atoms with Gasteiger partial charge >= 0.3 is 0 Å². The van der Waals surface area contributed by atoms with Gasteiger partial charge in [0.1, 0.15) is 0 Å². The molecule has 0 fully saturated rings. The summed E-state index contributed by atoms with van der Waals surface area (Å²) in [6.07, 6.45) is 1.25. The van der Waals surface area contributed by atoms with Crippen molar-refractivity contribution < 1.29 is 23.8 Å². The fraction of sp³-hybridized carbons (Fsp3) is 0.316. The minimum Gasteiger partial charge on any atom is -0.490 e. The van der Waals surface area contributed by atoms with Crippen LogP contribution in [-0.2, 0) is 0 Å². The van der Waals surface area contributed by atoms with Crippen molar-refractivity contribution in [2.75, 3.05) is 19.8 Å². The summed E-state index contributed by atoms with van der Waals surface area (Å²) in [6.45, 7) is 6.61. The van der Waals surface area contributed by atoms with E-state index in [-0.39, 0.29) is 16.7 Å². The summed E-state index contributed by atoms with van der Waals surface area (Å²) < 4.78 is 16.7. The number of nitrogens with one attached hydrogen (secondary N) is 3. The van der Waals surface area contributed by atoms with Crippen LogP contribution in [0.3, 0.4) is 0 Å². The van der Waals surface area contributed by atoms with Crippen LogP contribution in [0.4, 0.5) is 0 Å². The molecule has 2 amide bonds. The van der Waals surface area contributed by atoms with E-state index in [9.17, 15) is 14.4 Å². The van der Waals surface area contributed by atoms with Crippen molar-refractivity contribution in [2.24, 2.45) is 0 Å². The molecule has 0 atom stereocenters. The number of hydrogen-bond donors (Lipinski definition) is 3. The first-order chi connectivity index (χ1) is 13.5. The third-order valence-corrected chi connectivity index (χ3v) is 3.51. The molecule has 0 aliphatic rings. The van der Waals surface area contributed by atoms with Gasteiger partial charge in [0, 0.05) is 17.8 Å². The first kappa shape index (κ1) is 20.8. The molecule has 0 bridgehead atoms. The zero-order valence-electron chi connectivity index (χ0n) is 16.0. The Morgan fingerprint density at radius 1 is 0.857 bits per heavy atom. The molecule has 0 aliphatic heterocycles. The van der Waals surface area contributed by atoms with Crippen LogP contribution in [-0.4, -0.2) is 36.6 Å². The van der Waals surface area contributed by atoms with E-state index in [4.69, 9.17) is 14.2 Å². The predicted molar refractivity (Wildman–Crippen MR) is 102 cm³/mol. The Morgan fingerprint density at radius 2 is 1.39 bits per heavy atom. The van der Waals surface area contributed by atoms with E-state index in [0.29, 0.717) is 37.1 Å². The topological polar surface area (TPSA) is 119 Å². The van der Waals surface area contributed by atoms with Crippen LogP contribution in [0.15, 0.2) is 35.3 Å². The minimum absolute atomic E-state index is 0.191. The standard InChI is InChI=1S/C19H23N3O6/c1-4-26-14-9-13(10-15(27-5-2)17(14)28-6-3)19(25)22-21-18(24)12-7-8-16(23)20-11-12/h7-11H,4-6H2,1-3H3,(H,20,23)(H,21,24)(H,22,25). The number of amides is 2. The number of H-pyrrole nitrogens is 1. The first-order valence-corrected chi connectivity index (χ1v) is 8.85. The van der Waals surface area contributed by atoms with E-state index >= 15 is 0 Å². The van der Waals surface area contributed by atoms with Gasteiger partial charge in [-0.3, -0.25) is 25.2 Å². The largest absolute Gasteiger partial charge is 0.490 e. The van der Waals surface area contributed by atoms with Crippen LogP contribution in [0.25, 0.3) is 0 Å². The number of aromatic amines is 1. The van der Waals surface area contributed by atoms with Crippen molar-refractivity contribution in [3.63, 3.8) is 0 Å². The quantitative estimate of drug-likeness (QED) is 0.591. The van der Waals surface area contributed by atoms with Gasteiger partial charge in [0.25, 0.3) is 11.8 Å². The molecule has 9 heteroatoms. The molecule has 28 heavy (non-hydrogen) atoms. The molecule has 2 rings (SSSR count). The van der Waals surface area contributed by atoms with Crippen molar-refractivity contribution >= 4 is 11.8 Å². The molecule has 1 aromatic carbocycles. The van der Waals surface area contributed by atoms with Crippen LogP contribution in [0.1, 0.15) is 41.5 Å². The third-order valence-electron chi connectivity index (χ3n) is 3.51. The highest BCUT2D eigenvalue weighted by atomic mass is 16.5. The number of carbonyl (C=O) groups excluding carboxylic acids is 2. The van der Waals surface area contributed by atoms with Crippen LogP contribution >= 0.6 is 0 Å². The lowest BCUT2D eigenvalue weighted by Crippen LogP contribution is -2.41. The molecule has 0 saturated heterocycles. The first-order valence-electron chi connectivity index (χ1n) is 8.85. The lowest BCUT2D eigenvalue weighted by molar-refractivity contribution is 0.0846. The fourth-order valence-corrected chi connectivity index (χ4v) is 2.33. The number of pyridine rings is 1. The van der Waals surface area contributed by atoms with E-state index in [0.717, 1.165) is 0 Å². The molecular formula is C19H23N3O6. The maximum atomic E-state index is 12.5. The molecule has 2 aromatic rings. The number of aromatic nitrogens is 1. The fourth-order valence-electron chi connectivity index (χ4n) is 2.33. The number of ether oxygens (including phenoxy) is 3. The average molecular weight is 389 g/mol. The molecule has 150 valence electrons. The van der Waals surface area contributed by atoms with Gasteiger partial charge in [-0.15, -0.1) is 0 Å². The Balaban J connectivity index is 2.20. The molecule has 3 N–H and O–H groups in total. The maximum absolute atomic E-state index is 12.5. The summed E-state index contributed by atoms with van der Waals surface area (Å²) in [5.74, 6) is 0.00757. The smallest absolute Gasteiger partial charge is 0.271 e. The zero-order chi connectivity index (χ0) is 20.5. The van der Waals surface area contributed by atoms with Gasteiger partial charge in [0.05, 0.1) is 25.4 Å². The number of hydrogen-bond acceptors (Lipinski definition) is 6. The molecular weight excluding hydrogens is 366 g/mol. The molecule has 0 spiro atoms. The monoisotopic (exact) mass is 389 g/mol. The van der Waals surface area contributed by atoms with Crippen molar-refractivity contribution in [3.8, 4) is 17.2 Å². The van der Waals surface area contributed by atoms with E-state index in [1.54, 1.807) is 0 Å². The summed E-state index contributed by atoms with van der Waals surface area (Å²) in [4.78, 5) is 38.0. The Hall–Kier alpha value is -3.49. The van der Waals surface area contributed by atoms with Crippen LogP contribution < -0.4 is 30.6 Å². The maximum Gasteiger partial charge on any atom is 0.271 e. The summed E-state index contributed by atoms with van der Waals surface area (Å²) in [5.41, 5.74) is 4.68. The summed E-state index contributed by atoms with van der Waals surface area (Å²) in [7, 11) is 0. The van der Waals surface area contributed by atoms with E-state index < -0.39 is 11.8 Å². The Labute approximate surface area is 162 Å². The lowest BCUT2D eigenvalue weighted by Gasteiger charge is -2.17. The Bertz CT molecular complexity index is 846. The third kappa shape index (κ3) is 5.26. The normalized spacial score (nSPS) is 10.1. The van der Waals surface area contributed by atoms with Gasteiger partial charge in [0.15, 0.2) is 11.5 Å². The lowest BCUT2D eigenvalue weighted by atomic mass is 10.1. The second kappa shape index (κ2) is 10.0. The molecule has 0 radical (unpaired) electrons. The Kier molecular flexibility index (Phi) is 7.44. The van der Waals surface area contributed by atoms with Crippen LogP contribution in [0.5, 0.6) is 17.2 Å². The molecule has 0 aliphatic carbocycles. The second-order valence-electron chi connectivity index (χ2n) is 5.45. The number of carbonyl (C=O) groups is 2. The zero-order valence-corrected chi connectivity index (χ0v) is 16.0. The van der Waals surface area contributed by atoms with Gasteiger partial charge in [-0.1, -0.05) is 0 Å². The molecule has 1 heterocycles. The SMILES string of the molecule is CCOc1cc(C(=O)NNC(=O)c2ccc(=O)[nH]c2)cc(OCC)c1OCC. The van der Waals surface area contributed by atoms with E-state index in [1.165, 1.54) is 30.5 Å². The highest BCUT2D eigenvalue weighted by molar-refractivity contribution is 5.99. The molecule has 0 unspecified atom stereocenters. The van der Waals surface area contributed by atoms with Crippen molar-refractivity contribution in [2.45, 2.75) is 20.8 Å². The number of hydrazine groups is 1. The molecule has 0 saturated carbocycles. The van der Waals surface area contributed by atoms with E-state index in [1.807, 2.05) is 20.8 Å². The average Bonchev–Trinajstić information content (AvgIpc) is 2.69. The summed E-state index contributed by atoms with van der Waals surface area (Å²) >= 11 is 0. The van der Waals surface area contributed by atoms with Crippen molar-refractivity contribution in [1.29, 1.82) is 0 Å². The Morgan fingerprint density at radius 3 is 1.86 bits per heavy atom. The highest BCUT2D eigenvalue weighted by Crippen LogP contribution is 2.39. The van der Waals surface area contributed by atoms with Crippen LogP contribution in [0, 0.1) is 0 Å². The minimum atomic E-state index is -0.578.